The largest absolute Gasteiger partial charge is 0.324 e. The number of hydrogen-bond donors (Lipinski definition) is 1. The molecule has 0 spiro atoms. The molecule has 130 valence electrons. The van der Waals surface area contributed by atoms with E-state index in [1.165, 1.54) is 0 Å². The number of benzene rings is 2. The van der Waals surface area contributed by atoms with Gasteiger partial charge in [0.2, 0.25) is 5.91 Å². The molecule has 0 aliphatic carbocycles. The zero-order chi connectivity index (χ0) is 18.0. The molecule has 0 bridgehead atoms. The highest BCUT2D eigenvalue weighted by atomic mass is 79.9. The third-order valence-corrected chi connectivity index (χ3v) is 4.86. The Bertz CT molecular complexity index is 787. The first-order valence-corrected chi connectivity index (χ1v) is 9.20. The van der Waals surface area contributed by atoms with Crippen LogP contribution >= 0.6 is 15.9 Å². The Balaban J connectivity index is 1.81. The van der Waals surface area contributed by atoms with Gasteiger partial charge < -0.3 is 10.2 Å². The molecule has 0 radical (unpaired) electrons. The summed E-state index contributed by atoms with van der Waals surface area (Å²) in [5.74, 6) is 0.0987. The van der Waals surface area contributed by atoms with Gasteiger partial charge in [0.25, 0.3) is 5.91 Å². The van der Waals surface area contributed by atoms with Crippen LogP contribution in [0.25, 0.3) is 0 Å². The molecule has 2 aromatic rings. The van der Waals surface area contributed by atoms with E-state index < -0.39 is 6.04 Å². The molecule has 0 saturated carbocycles. The van der Waals surface area contributed by atoms with Gasteiger partial charge in [0.1, 0.15) is 6.04 Å². The molecule has 4 nitrogen and oxygen atoms in total. The van der Waals surface area contributed by atoms with E-state index in [0.29, 0.717) is 24.4 Å². The van der Waals surface area contributed by atoms with Crippen LogP contribution in [-0.2, 0) is 11.3 Å². The third kappa shape index (κ3) is 3.93. The van der Waals surface area contributed by atoms with Crippen molar-refractivity contribution in [3.8, 4) is 0 Å². The lowest BCUT2D eigenvalue weighted by Crippen LogP contribution is -2.45. The minimum absolute atomic E-state index is 0.0628. The maximum Gasteiger partial charge on any atom is 0.255 e. The van der Waals surface area contributed by atoms with E-state index in [1.54, 1.807) is 4.90 Å². The third-order valence-electron chi connectivity index (χ3n) is 4.33. The standard InChI is InChI=1S/C20H21BrN2O2/c1-13(2)11-18(19(24)22-16-9-7-15(21)8-10-16)23-12-14-5-3-4-6-17(14)20(23)25/h3-10,13,18H,11-12H2,1-2H3,(H,22,24)/t18-/m1/s1. The lowest BCUT2D eigenvalue weighted by molar-refractivity contribution is -0.121. The number of amides is 2. The summed E-state index contributed by atoms with van der Waals surface area (Å²) in [5.41, 5.74) is 2.41. The van der Waals surface area contributed by atoms with Crippen molar-refractivity contribution < 1.29 is 9.59 Å². The summed E-state index contributed by atoms with van der Waals surface area (Å²) >= 11 is 3.39. The van der Waals surface area contributed by atoms with Crippen molar-refractivity contribution in [2.24, 2.45) is 5.92 Å². The number of carbonyl (C=O) groups excluding carboxylic acids is 2. The second kappa shape index (κ2) is 7.40. The molecule has 1 atom stereocenters. The smallest absolute Gasteiger partial charge is 0.255 e. The Labute approximate surface area is 156 Å². The molecular weight excluding hydrogens is 380 g/mol. The highest BCUT2D eigenvalue weighted by Crippen LogP contribution is 2.27. The first-order valence-electron chi connectivity index (χ1n) is 8.41. The van der Waals surface area contributed by atoms with Crippen molar-refractivity contribution in [3.05, 3.63) is 64.1 Å². The molecule has 5 heteroatoms. The Hall–Kier alpha value is -2.14. The number of hydrogen-bond acceptors (Lipinski definition) is 2. The van der Waals surface area contributed by atoms with Gasteiger partial charge in [-0.25, -0.2) is 0 Å². The molecule has 0 saturated heterocycles. The molecule has 2 amide bonds. The van der Waals surface area contributed by atoms with E-state index >= 15 is 0 Å². The predicted octanol–water partition coefficient (Wildman–Crippen LogP) is 4.46. The van der Waals surface area contributed by atoms with Crippen molar-refractivity contribution in [2.45, 2.75) is 32.9 Å². The molecule has 25 heavy (non-hydrogen) atoms. The molecule has 1 aliphatic rings. The van der Waals surface area contributed by atoms with Gasteiger partial charge in [-0.1, -0.05) is 48.0 Å². The van der Waals surface area contributed by atoms with Gasteiger partial charge in [-0.2, -0.15) is 0 Å². The van der Waals surface area contributed by atoms with Crippen LogP contribution in [-0.4, -0.2) is 22.8 Å². The number of nitrogens with zero attached hydrogens (tertiary/aromatic N) is 1. The Morgan fingerprint density at radius 3 is 2.48 bits per heavy atom. The Morgan fingerprint density at radius 2 is 1.84 bits per heavy atom. The van der Waals surface area contributed by atoms with Gasteiger partial charge >= 0.3 is 0 Å². The monoisotopic (exact) mass is 400 g/mol. The lowest BCUT2D eigenvalue weighted by Gasteiger charge is -2.28. The molecule has 0 aromatic heterocycles. The van der Waals surface area contributed by atoms with Crippen LogP contribution in [0.15, 0.2) is 53.0 Å². The van der Waals surface area contributed by atoms with Crippen LogP contribution in [0.4, 0.5) is 5.69 Å². The minimum Gasteiger partial charge on any atom is -0.324 e. The topological polar surface area (TPSA) is 49.4 Å². The van der Waals surface area contributed by atoms with Crippen molar-refractivity contribution in [1.29, 1.82) is 0 Å². The van der Waals surface area contributed by atoms with Crippen molar-refractivity contribution in [1.82, 2.24) is 4.90 Å². The quantitative estimate of drug-likeness (QED) is 0.805. The number of carbonyl (C=O) groups is 2. The molecule has 1 N–H and O–H groups in total. The normalized spacial score (nSPS) is 14.6. The summed E-state index contributed by atoms with van der Waals surface area (Å²) in [6, 6.07) is 14.5. The van der Waals surface area contributed by atoms with Crippen molar-refractivity contribution in [2.75, 3.05) is 5.32 Å². The predicted molar refractivity (Wildman–Crippen MR) is 102 cm³/mol. The first kappa shape index (κ1) is 17.7. The van der Waals surface area contributed by atoms with Crippen LogP contribution in [0.3, 0.4) is 0 Å². The number of halogens is 1. The van der Waals surface area contributed by atoms with E-state index in [-0.39, 0.29) is 11.8 Å². The fourth-order valence-electron chi connectivity index (χ4n) is 3.11. The van der Waals surface area contributed by atoms with Gasteiger partial charge in [0.05, 0.1) is 0 Å². The minimum atomic E-state index is -0.483. The number of fused-ring (bicyclic) bond motifs is 1. The SMILES string of the molecule is CC(C)C[C@H](C(=O)Nc1ccc(Br)cc1)N1Cc2ccccc2C1=O. The molecule has 0 fully saturated rings. The average molecular weight is 401 g/mol. The Morgan fingerprint density at radius 1 is 1.16 bits per heavy atom. The molecule has 3 rings (SSSR count). The van der Waals surface area contributed by atoms with E-state index in [2.05, 4.69) is 35.1 Å². The zero-order valence-electron chi connectivity index (χ0n) is 14.3. The van der Waals surface area contributed by atoms with Gasteiger partial charge in [-0.05, 0) is 48.2 Å². The summed E-state index contributed by atoms with van der Waals surface area (Å²) in [7, 11) is 0. The summed E-state index contributed by atoms with van der Waals surface area (Å²) in [5, 5.41) is 2.95. The van der Waals surface area contributed by atoms with Crippen LogP contribution in [0, 0.1) is 5.92 Å². The maximum absolute atomic E-state index is 12.9. The first-order chi connectivity index (χ1) is 12.0. The van der Waals surface area contributed by atoms with E-state index in [0.717, 1.165) is 15.7 Å². The van der Waals surface area contributed by atoms with Crippen molar-refractivity contribution in [3.63, 3.8) is 0 Å². The number of nitrogens with one attached hydrogen (secondary N) is 1. The van der Waals surface area contributed by atoms with Crippen LogP contribution in [0.5, 0.6) is 0 Å². The van der Waals surface area contributed by atoms with Gasteiger partial charge in [-0.3, -0.25) is 9.59 Å². The highest BCUT2D eigenvalue weighted by molar-refractivity contribution is 9.10. The second-order valence-corrected chi connectivity index (χ2v) is 7.65. The van der Waals surface area contributed by atoms with Crippen LogP contribution in [0.1, 0.15) is 36.2 Å². The molecule has 1 heterocycles. The van der Waals surface area contributed by atoms with Crippen LogP contribution < -0.4 is 5.32 Å². The number of rotatable bonds is 5. The molecule has 2 aromatic carbocycles. The van der Waals surface area contributed by atoms with E-state index in [9.17, 15) is 9.59 Å². The summed E-state index contributed by atoms with van der Waals surface area (Å²) in [6.45, 7) is 4.61. The maximum atomic E-state index is 12.9. The van der Waals surface area contributed by atoms with Gasteiger partial charge in [0, 0.05) is 22.3 Å². The summed E-state index contributed by atoms with van der Waals surface area (Å²) < 4.78 is 0.953. The van der Waals surface area contributed by atoms with E-state index in [4.69, 9.17) is 0 Å². The lowest BCUT2D eigenvalue weighted by atomic mass is 10.0. The second-order valence-electron chi connectivity index (χ2n) is 6.73. The molecule has 1 aliphatic heterocycles. The Kier molecular flexibility index (Phi) is 5.23. The van der Waals surface area contributed by atoms with Crippen molar-refractivity contribution >= 4 is 33.4 Å². The molecular formula is C20H21BrN2O2. The van der Waals surface area contributed by atoms with Crippen LogP contribution in [0.2, 0.25) is 0 Å². The van der Waals surface area contributed by atoms with Gasteiger partial charge in [-0.15, -0.1) is 0 Å². The van der Waals surface area contributed by atoms with Gasteiger partial charge in [0.15, 0.2) is 0 Å². The summed E-state index contributed by atoms with van der Waals surface area (Å²) in [4.78, 5) is 27.4. The highest BCUT2D eigenvalue weighted by Gasteiger charge is 2.36. The average Bonchev–Trinajstić information content (AvgIpc) is 2.91. The molecule has 0 unspecified atom stereocenters. The fraction of sp³-hybridized carbons (Fsp3) is 0.300. The zero-order valence-corrected chi connectivity index (χ0v) is 15.9. The summed E-state index contributed by atoms with van der Waals surface area (Å²) in [6.07, 6.45) is 0.627. The fourth-order valence-corrected chi connectivity index (χ4v) is 3.37. The van der Waals surface area contributed by atoms with E-state index in [1.807, 2.05) is 48.5 Å². The number of anilines is 1.